The van der Waals surface area contributed by atoms with E-state index in [0.29, 0.717) is 12.5 Å². The molecule has 1 saturated heterocycles. The van der Waals surface area contributed by atoms with Crippen molar-refractivity contribution < 1.29 is 9.47 Å². The van der Waals surface area contributed by atoms with E-state index in [1.165, 1.54) is 11.1 Å². The van der Waals surface area contributed by atoms with Crippen LogP contribution in [0.5, 0.6) is 0 Å². The Morgan fingerprint density at radius 2 is 2.03 bits per heavy atom. The molecule has 2 N–H and O–H groups in total. The molecule has 0 amide bonds. The average molecular weight is 518 g/mol. The van der Waals surface area contributed by atoms with Gasteiger partial charge in [0.15, 0.2) is 5.96 Å². The SMILES string of the molecule is CCCOCc1ccccc1CNC(=NC)NCC1CN(CC(C)C)CCO1.I. The summed E-state index contributed by atoms with van der Waals surface area (Å²) in [6.45, 7) is 13.5. The van der Waals surface area contributed by atoms with Crippen LogP contribution in [0.3, 0.4) is 0 Å². The topological polar surface area (TPSA) is 58.1 Å². The van der Waals surface area contributed by atoms with Crippen molar-refractivity contribution in [2.24, 2.45) is 10.9 Å². The molecule has 1 unspecified atom stereocenters. The summed E-state index contributed by atoms with van der Waals surface area (Å²) in [5.41, 5.74) is 2.46. The van der Waals surface area contributed by atoms with Gasteiger partial charge in [-0.3, -0.25) is 9.89 Å². The van der Waals surface area contributed by atoms with Gasteiger partial charge in [0.1, 0.15) is 0 Å². The normalized spacial score (nSPS) is 17.8. The van der Waals surface area contributed by atoms with Crippen molar-refractivity contribution in [2.75, 3.05) is 46.4 Å². The number of nitrogens with one attached hydrogen (secondary N) is 2. The fourth-order valence-corrected chi connectivity index (χ4v) is 3.39. The van der Waals surface area contributed by atoms with Crippen LogP contribution in [0.25, 0.3) is 0 Å². The third-order valence-corrected chi connectivity index (χ3v) is 4.74. The maximum absolute atomic E-state index is 5.92. The van der Waals surface area contributed by atoms with Crippen molar-refractivity contribution >= 4 is 29.9 Å². The smallest absolute Gasteiger partial charge is 0.191 e. The van der Waals surface area contributed by atoms with Gasteiger partial charge in [-0.2, -0.15) is 0 Å². The second-order valence-electron chi connectivity index (χ2n) is 7.77. The molecule has 1 aliphatic rings. The molecule has 1 aromatic rings. The Bertz CT molecular complexity index is 598. The zero-order valence-corrected chi connectivity index (χ0v) is 20.8. The van der Waals surface area contributed by atoms with E-state index in [2.05, 4.69) is 65.6 Å². The maximum atomic E-state index is 5.92. The Labute approximate surface area is 193 Å². The molecule has 29 heavy (non-hydrogen) atoms. The molecule has 0 spiro atoms. The molecule has 1 atom stereocenters. The highest BCUT2D eigenvalue weighted by molar-refractivity contribution is 14.0. The molecule has 1 aliphatic heterocycles. The van der Waals surface area contributed by atoms with Crippen molar-refractivity contribution in [1.29, 1.82) is 0 Å². The molecule has 1 fully saturated rings. The number of guanidine groups is 1. The van der Waals surface area contributed by atoms with E-state index in [-0.39, 0.29) is 30.1 Å². The number of aliphatic imine (C=N–C) groups is 1. The molecule has 166 valence electrons. The fraction of sp³-hybridized carbons (Fsp3) is 0.682. The highest BCUT2D eigenvalue weighted by atomic mass is 127. The first-order chi connectivity index (χ1) is 13.6. The standard InChI is InChI=1S/C22H38N4O2.HI/c1-5-11-27-17-20-9-7-6-8-19(20)13-24-22(23-4)25-14-21-16-26(10-12-28-21)15-18(2)3;/h6-9,18,21H,5,10-17H2,1-4H3,(H2,23,24,25);1H. The van der Waals surface area contributed by atoms with Gasteiger partial charge in [-0.25, -0.2) is 0 Å². The predicted octanol–water partition coefficient (Wildman–Crippen LogP) is 3.25. The van der Waals surface area contributed by atoms with Crippen LogP contribution in [-0.2, 0) is 22.6 Å². The number of hydrogen-bond acceptors (Lipinski definition) is 4. The molecule has 0 aliphatic carbocycles. The second-order valence-corrected chi connectivity index (χ2v) is 7.77. The maximum Gasteiger partial charge on any atom is 0.191 e. The summed E-state index contributed by atoms with van der Waals surface area (Å²) in [5.74, 6) is 1.48. The summed E-state index contributed by atoms with van der Waals surface area (Å²) in [5, 5.41) is 6.82. The molecular formula is C22H39IN4O2. The van der Waals surface area contributed by atoms with Gasteiger partial charge in [-0.05, 0) is 23.5 Å². The zero-order chi connectivity index (χ0) is 20.2. The van der Waals surface area contributed by atoms with Gasteiger partial charge in [0.05, 0.1) is 19.3 Å². The Hall–Kier alpha value is -0.900. The van der Waals surface area contributed by atoms with Crippen molar-refractivity contribution in [3.63, 3.8) is 0 Å². The first kappa shape index (κ1) is 26.1. The van der Waals surface area contributed by atoms with E-state index in [4.69, 9.17) is 9.47 Å². The molecule has 2 rings (SSSR count). The molecule has 0 bridgehead atoms. The van der Waals surface area contributed by atoms with Crippen LogP contribution in [-0.4, -0.2) is 63.4 Å². The Morgan fingerprint density at radius 3 is 2.72 bits per heavy atom. The van der Waals surface area contributed by atoms with Crippen LogP contribution >= 0.6 is 24.0 Å². The van der Waals surface area contributed by atoms with E-state index >= 15 is 0 Å². The number of benzene rings is 1. The van der Waals surface area contributed by atoms with E-state index in [1.807, 2.05) is 0 Å². The van der Waals surface area contributed by atoms with Gasteiger partial charge in [0, 0.05) is 46.4 Å². The third-order valence-electron chi connectivity index (χ3n) is 4.74. The van der Waals surface area contributed by atoms with Crippen molar-refractivity contribution in [2.45, 2.75) is 46.4 Å². The minimum atomic E-state index is 0. The van der Waals surface area contributed by atoms with Crippen molar-refractivity contribution in [1.82, 2.24) is 15.5 Å². The van der Waals surface area contributed by atoms with Crippen LogP contribution in [0.15, 0.2) is 29.3 Å². The number of halogens is 1. The highest BCUT2D eigenvalue weighted by Crippen LogP contribution is 2.10. The second kappa shape index (κ2) is 15.0. The molecule has 1 aromatic carbocycles. The van der Waals surface area contributed by atoms with Crippen LogP contribution < -0.4 is 10.6 Å². The predicted molar refractivity (Wildman–Crippen MR) is 131 cm³/mol. The Kier molecular flexibility index (Phi) is 13.5. The van der Waals surface area contributed by atoms with Crippen LogP contribution in [0.1, 0.15) is 38.3 Å². The minimum Gasteiger partial charge on any atom is -0.377 e. The van der Waals surface area contributed by atoms with Gasteiger partial charge in [0.25, 0.3) is 0 Å². The lowest BCUT2D eigenvalue weighted by molar-refractivity contribution is -0.0284. The zero-order valence-electron chi connectivity index (χ0n) is 18.4. The van der Waals surface area contributed by atoms with Crippen molar-refractivity contribution in [3.8, 4) is 0 Å². The van der Waals surface area contributed by atoms with Crippen LogP contribution in [0.2, 0.25) is 0 Å². The van der Waals surface area contributed by atoms with E-state index < -0.39 is 0 Å². The Morgan fingerprint density at radius 1 is 1.28 bits per heavy atom. The van der Waals surface area contributed by atoms with E-state index in [0.717, 1.165) is 58.3 Å². The lowest BCUT2D eigenvalue weighted by Crippen LogP contribution is -2.50. The summed E-state index contributed by atoms with van der Waals surface area (Å²) >= 11 is 0. The van der Waals surface area contributed by atoms with E-state index in [9.17, 15) is 0 Å². The number of rotatable bonds is 10. The summed E-state index contributed by atoms with van der Waals surface area (Å²) in [6, 6.07) is 8.39. The van der Waals surface area contributed by atoms with Gasteiger partial charge < -0.3 is 20.1 Å². The summed E-state index contributed by atoms with van der Waals surface area (Å²) in [6.07, 6.45) is 1.23. The number of ether oxygens (including phenoxy) is 2. The van der Waals surface area contributed by atoms with Crippen molar-refractivity contribution in [3.05, 3.63) is 35.4 Å². The molecule has 1 heterocycles. The van der Waals surface area contributed by atoms with Gasteiger partial charge in [0.2, 0.25) is 0 Å². The third kappa shape index (κ3) is 10.1. The largest absolute Gasteiger partial charge is 0.377 e. The molecule has 7 heteroatoms. The summed E-state index contributed by atoms with van der Waals surface area (Å²) in [7, 11) is 1.80. The summed E-state index contributed by atoms with van der Waals surface area (Å²) < 4.78 is 11.6. The lowest BCUT2D eigenvalue weighted by Gasteiger charge is -2.34. The fourth-order valence-electron chi connectivity index (χ4n) is 3.39. The molecule has 6 nitrogen and oxygen atoms in total. The molecular weight excluding hydrogens is 479 g/mol. The van der Waals surface area contributed by atoms with Gasteiger partial charge in [-0.1, -0.05) is 45.0 Å². The highest BCUT2D eigenvalue weighted by Gasteiger charge is 2.21. The molecule has 0 radical (unpaired) electrons. The lowest BCUT2D eigenvalue weighted by atomic mass is 10.1. The van der Waals surface area contributed by atoms with E-state index in [1.54, 1.807) is 7.05 Å². The van der Waals surface area contributed by atoms with Crippen LogP contribution in [0, 0.1) is 5.92 Å². The first-order valence-corrected chi connectivity index (χ1v) is 10.5. The summed E-state index contributed by atoms with van der Waals surface area (Å²) in [4.78, 5) is 6.84. The number of nitrogens with zero attached hydrogens (tertiary/aromatic N) is 2. The number of morpholine rings is 1. The average Bonchev–Trinajstić information content (AvgIpc) is 2.69. The number of hydrogen-bond donors (Lipinski definition) is 2. The molecule has 0 aromatic heterocycles. The minimum absolute atomic E-state index is 0. The van der Waals surface area contributed by atoms with Gasteiger partial charge >= 0.3 is 0 Å². The first-order valence-electron chi connectivity index (χ1n) is 10.5. The van der Waals surface area contributed by atoms with Gasteiger partial charge in [-0.15, -0.1) is 24.0 Å². The molecule has 0 saturated carbocycles. The van der Waals surface area contributed by atoms with Crippen LogP contribution in [0.4, 0.5) is 0 Å². The monoisotopic (exact) mass is 518 g/mol. The Balaban J connectivity index is 0.00000420. The quantitative estimate of drug-likeness (QED) is 0.216.